The van der Waals surface area contributed by atoms with Crippen molar-refractivity contribution < 1.29 is 13.2 Å². The van der Waals surface area contributed by atoms with Crippen LogP contribution >= 0.6 is 11.6 Å². The van der Waals surface area contributed by atoms with Gasteiger partial charge in [-0.3, -0.25) is 4.72 Å². The van der Waals surface area contributed by atoms with Crippen LogP contribution in [0.4, 0.5) is 5.82 Å². The van der Waals surface area contributed by atoms with E-state index in [2.05, 4.69) is 14.8 Å². The van der Waals surface area contributed by atoms with Crippen LogP contribution in [0, 0.1) is 25.2 Å². The molecule has 3 aromatic rings. The van der Waals surface area contributed by atoms with Crippen molar-refractivity contribution in [2.75, 3.05) is 11.0 Å². The molecule has 28 heavy (non-hydrogen) atoms. The molecular formula is C18H16ClN5O3S. The molecule has 0 fully saturated rings. The Morgan fingerprint density at radius 3 is 2.57 bits per heavy atom. The standard InChI is InChI=1S/C18H16ClN5O3S/c1-11-18(27-15-6-7-17(21-10-15)23-28(3,25)26)12(2)24(22-11)14-5-4-13(9-20)16(19)8-14/h4-8,10H,1-3H3,(H,21,23). The third-order valence-electron chi connectivity index (χ3n) is 3.79. The number of pyridine rings is 1. The van der Waals surface area contributed by atoms with Crippen molar-refractivity contribution in [2.24, 2.45) is 0 Å². The van der Waals surface area contributed by atoms with Gasteiger partial charge in [-0.15, -0.1) is 0 Å². The van der Waals surface area contributed by atoms with Crippen molar-refractivity contribution in [3.05, 3.63) is 58.5 Å². The van der Waals surface area contributed by atoms with Gasteiger partial charge in [-0.05, 0) is 44.2 Å². The van der Waals surface area contributed by atoms with Crippen molar-refractivity contribution in [3.8, 4) is 23.3 Å². The third kappa shape index (κ3) is 4.24. The molecule has 10 heteroatoms. The Hall–Kier alpha value is -3.09. The summed E-state index contributed by atoms with van der Waals surface area (Å²) in [5.41, 5.74) is 2.47. The van der Waals surface area contributed by atoms with Crippen molar-refractivity contribution >= 4 is 27.4 Å². The Kier molecular flexibility index (Phi) is 5.27. The summed E-state index contributed by atoms with van der Waals surface area (Å²) in [6.07, 6.45) is 2.47. The zero-order chi connectivity index (χ0) is 20.5. The van der Waals surface area contributed by atoms with Crippen molar-refractivity contribution in [1.82, 2.24) is 14.8 Å². The van der Waals surface area contributed by atoms with Gasteiger partial charge in [0.1, 0.15) is 23.3 Å². The van der Waals surface area contributed by atoms with E-state index in [1.807, 2.05) is 13.0 Å². The highest BCUT2D eigenvalue weighted by molar-refractivity contribution is 7.92. The van der Waals surface area contributed by atoms with Gasteiger partial charge in [0.2, 0.25) is 10.0 Å². The van der Waals surface area contributed by atoms with Gasteiger partial charge in [0, 0.05) is 0 Å². The van der Waals surface area contributed by atoms with Crippen LogP contribution < -0.4 is 9.46 Å². The van der Waals surface area contributed by atoms with E-state index in [4.69, 9.17) is 21.6 Å². The lowest BCUT2D eigenvalue weighted by Gasteiger charge is -2.08. The number of nitrogens with one attached hydrogen (secondary N) is 1. The molecule has 0 unspecified atom stereocenters. The van der Waals surface area contributed by atoms with E-state index >= 15 is 0 Å². The first-order valence-corrected chi connectivity index (χ1v) is 10.3. The zero-order valence-electron chi connectivity index (χ0n) is 15.3. The molecule has 1 N–H and O–H groups in total. The molecule has 2 aromatic heterocycles. The third-order valence-corrected chi connectivity index (χ3v) is 4.68. The summed E-state index contributed by atoms with van der Waals surface area (Å²) in [5, 5.41) is 13.8. The van der Waals surface area contributed by atoms with Crippen molar-refractivity contribution in [3.63, 3.8) is 0 Å². The number of aryl methyl sites for hydroxylation is 1. The van der Waals surface area contributed by atoms with Crippen LogP contribution in [0.2, 0.25) is 5.02 Å². The van der Waals surface area contributed by atoms with E-state index in [0.717, 1.165) is 11.9 Å². The van der Waals surface area contributed by atoms with E-state index < -0.39 is 10.0 Å². The summed E-state index contributed by atoms with van der Waals surface area (Å²) in [6.45, 7) is 3.64. The average Bonchev–Trinajstić information content (AvgIpc) is 2.90. The van der Waals surface area contributed by atoms with Gasteiger partial charge >= 0.3 is 0 Å². The summed E-state index contributed by atoms with van der Waals surface area (Å²) in [4.78, 5) is 4.02. The number of rotatable bonds is 5. The molecule has 0 saturated heterocycles. The molecule has 0 aliphatic carbocycles. The highest BCUT2D eigenvalue weighted by Crippen LogP contribution is 2.31. The van der Waals surface area contributed by atoms with Crippen LogP contribution in [0.1, 0.15) is 17.0 Å². The van der Waals surface area contributed by atoms with E-state index in [1.165, 1.54) is 12.3 Å². The van der Waals surface area contributed by atoms with Gasteiger partial charge in [-0.1, -0.05) is 11.6 Å². The first-order valence-electron chi connectivity index (χ1n) is 8.06. The number of ether oxygens (including phenoxy) is 1. The second-order valence-electron chi connectivity index (χ2n) is 6.04. The zero-order valence-corrected chi connectivity index (χ0v) is 16.8. The minimum absolute atomic E-state index is 0.200. The lowest BCUT2D eigenvalue weighted by molar-refractivity contribution is 0.472. The number of nitriles is 1. The fourth-order valence-electron chi connectivity index (χ4n) is 2.56. The molecule has 0 radical (unpaired) electrons. The maximum absolute atomic E-state index is 11.2. The minimum atomic E-state index is -3.40. The number of halogens is 1. The van der Waals surface area contributed by atoms with Crippen LogP contribution in [0.25, 0.3) is 5.69 Å². The first-order chi connectivity index (χ1) is 13.2. The van der Waals surface area contributed by atoms with E-state index in [0.29, 0.717) is 33.5 Å². The van der Waals surface area contributed by atoms with Gasteiger partial charge in [0.05, 0.1) is 34.4 Å². The molecule has 0 saturated carbocycles. The Labute approximate surface area is 167 Å². The number of benzene rings is 1. The van der Waals surface area contributed by atoms with E-state index in [-0.39, 0.29) is 5.82 Å². The lowest BCUT2D eigenvalue weighted by Crippen LogP contribution is -2.10. The molecular weight excluding hydrogens is 402 g/mol. The van der Waals surface area contributed by atoms with Crippen LogP contribution in [-0.4, -0.2) is 29.4 Å². The Bertz CT molecular complexity index is 1180. The molecule has 0 bridgehead atoms. The number of hydrogen-bond donors (Lipinski definition) is 1. The second kappa shape index (κ2) is 7.50. The van der Waals surface area contributed by atoms with Crippen LogP contribution in [0.3, 0.4) is 0 Å². The number of nitrogens with zero attached hydrogens (tertiary/aromatic N) is 4. The van der Waals surface area contributed by atoms with Gasteiger partial charge in [-0.25, -0.2) is 18.1 Å². The summed E-state index contributed by atoms with van der Waals surface area (Å²) in [6, 6.07) is 10.2. The summed E-state index contributed by atoms with van der Waals surface area (Å²) in [5.74, 6) is 1.18. The van der Waals surface area contributed by atoms with Crippen molar-refractivity contribution in [1.29, 1.82) is 5.26 Å². The molecule has 0 aliphatic rings. The van der Waals surface area contributed by atoms with Gasteiger partial charge in [0.15, 0.2) is 5.75 Å². The predicted octanol–water partition coefficient (Wildman–Crippen LogP) is 3.57. The monoisotopic (exact) mass is 417 g/mol. The summed E-state index contributed by atoms with van der Waals surface area (Å²) < 4.78 is 32.3. The number of anilines is 1. The Morgan fingerprint density at radius 2 is 2.00 bits per heavy atom. The molecule has 0 spiro atoms. The molecule has 0 atom stereocenters. The van der Waals surface area contributed by atoms with Crippen LogP contribution in [0.15, 0.2) is 36.5 Å². The maximum Gasteiger partial charge on any atom is 0.230 e. The molecule has 144 valence electrons. The number of aromatic nitrogens is 3. The largest absolute Gasteiger partial charge is 0.452 e. The summed E-state index contributed by atoms with van der Waals surface area (Å²) in [7, 11) is -3.40. The first kappa shape index (κ1) is 19.7. The highest BCUT2D eigenvalue weighted by atomic mass is 35.5. The van der Waals surface area contributed by atoms with E-state index in [9.17, 15) is 8.42 Å². The Morgan fingerprint density at radius 1 is 1.25 bits per heavy atom. The molecule has 0 amide bonds. The second-order valence-corrected chi connectivity index (χ2v) is 8.20. The SMILES string of the molecule is Cc1nn(-c2ccc(C#N)c(Cl)c2)c(C)c1Oc1ccc(NS(C)(=O)=O)nc1. The quantitative estimate of drug-likeness (QED) is 0.679. The summed E-state index contributed by atoms with van der Waals surface area (Å²) >= 11 is 6.12. The molecule has 1 aromatic carbocycles. The van der Waals surface area contributed by atoms with Gasteiger partial charge < -0.3 is 4.74 Å². The molecule has 2 heterocycles. The van der Waals surface area contributed by atoms with Crippen LogP contribution in [0.5, 0.6) is 11.5 Å². The topological polar surface area (TPSA) is 110 Å². The molecule has 8 nitrogen and oxygen atoms in total. The Balaban J connectivity index is 1.88. The van der Waals surface area contributed by atoms with Gasteiger partial charge in [-0.2, -0.15) is 10.4 Å². The molecule has 3 rings (SSSR count). The highest BCUT2D eigenvalue weighted by Gasteiger charge is 2.16. The smallest absolute Gasteiger partial charge is 0.230 e. The fourth-order valence-corrected chi connectivity index (χ4v) is 3.28. The average molecular weight is 418 g/mol. The minimum Gasteiger partial charge on any atom is -0.452 e. The maximum atomic E-state index is 11.2. The van der Waals surface area contributed by atoms with Crippen LogP contribution in [-0.2, 0) is 10.0 Å². The normalized spacial score (nSPS) is 11.1. The number of sulfonamides is 1. The predicted molar refractivity (Wildman–Crippen MR) is 106 cm³/mol. The van der Waals surface area contributed by atoms with E-state index in [1.54, 1.807) is 35.9 Å². The fraction of sp³-hybridized carbons (Fsp3) is 0.167. The van der Waals surface area contributed by atoms with Crippen molar-refractivity contribution in [2.45, 2.75) is 13.8 Å². The van der Waals surface area contributed by atoms with Gasteiger partial charge in [0.25, 0.3) is 0 Å². The number of hydrogen-bond acceptors (Lipinski definition) is 6. The lowest BCUT2D eigenvalue weighted by atomic mass is 10.2. The molecule has 0 aliphatic heterocycles.